The Balaban J connectivity index is 1.72. The third-order valence-corrected chi connectivity index (χ3v) is 7.42. The lowest BCUT2D eigenvalue weighted by atomic mass is 9.86. The summed E-state index contributed by atoms with van der Waals surface area (Å²) in [5.74, 6) is 1.75. The third-order valence-electron chi connectivity index (χ3n) is 6.13. The summed E-state index contributed by atoms with van der Waals surface area (Å²) in [6.07, 6.45) is 0.0698. The lowest BCUT2D eigenvalue weighted by Crippen LogP contribution is -2.29. The number of nitrogens with zero attached hydrogens (tertiary/aromatic N) is 3. The zero-order valence-corrected chi connectivity index (χ0v) is 18.3. The third kappa shape index (κ3) is 4.22. The molecular formula is C23H24F3N3OS. The fourth-order valence-electron chi connectivity index (χ4n) is 4.37. The molecule has 0 spiro atoms. The molecule has 4 nitrogen and oxygen atoms in total. The van der Waals surface area contributed by atoms with E-state index in [0.717, 1.165) is 34.9 Å². The molecule has 4 rings (SSSR count). The van der Waals surface area contributed by atoms with Crippen molar-refractivity contribution in [2.45, 2.75) is 38.5 Å². The Hall–Kier alpha value is -2.35. The molecule has 31 heavy (non-hydrogen) atoms. The van der Waals surface area contributed by atoms with E-state index < -0.39 is 17.8 Å². The van der Waals surface area contributed by atoms with Gasteiger partial charge in [0.05, 0.1) is 11.3 Å². The van der Waals surface area contributed by atoms with Gasteiger partial charge in [-0.3, -0.25) is 9.36 Å². The Morgan fingerprint density at radius 2 is 2.06 bits per heavy atom. The molecule has 0 aliphatic carbocycles. The number of halogens is 3. The maximum absolute atomic E-state index is 14.4. The summed E-state index contributed by atoms with van der Waals surface area (Å²) < 4.78 is 42.0. The van der Waals surface area contributed by atoms with Crippen LogP contribution in [0.5, 0.6) is 0 Å². The molecule has 3 heterocycles. The molecule has 164 valence electrons. The molecule has 0 radical (unpaired) electrons. The Labute approximate surface area is 182 Å². The quantitative estimate of drug-likeness (QED) is 0.549. The van der Waals surface area contributed by atoms with E-state index in [1.807, 2.05) is 17.8 Å². The number of aryl methyl sites for hydroxylation is 3. The molecule has 1 fully saturated rings. The van der Waals surface area contributed by atoms with Gasteiger partial charge in [0.1, 0.15) is 17.8 Å². The number of thioether (sulfide) groups is 1. The van der Waals surface area contributed by atoms with Gasteiger partial charge in [-0.15, -0.1) is 0 Å². The first-order valence-electron chi connectivity index (χ1n) is 10.3. The minimum Gasteiger partial charge on any atom is -0.295 e. The fraction of sp³-hybridized carbons (Fsp3) is 0.435. The van der Waals surface area contributed by atoms with Crippen molar-refractivity contribution in [1.82, 2.24) is 14.5 Å². The van der Waals surface area contributed by atoms with Crippen LogP contribution < -0.4 is 5.56 Å². The Morgan fingerprint density at radius 1 is 1.26 bits per heavy atom. The highest BCUT2D eigenvalue weighted by Crippen LogP contribution is 2.35. The summed E-state index contributed by atoms with van der Waals surface area (Å²) in [6.45, 7) is 2.17. The molecule has 2 unspecified atom stereocenters. The number of hydrogen-bond donors (Lipinski definition) is 0. The second-order valence-electron chi connectivity index (χ2n) is 8.09. The second-order valence-corrected chi connectivity index (χ2v) is 9.24. The Kier molecular flexibility index (Phi) is 6.36. The molecule has 0 amide bonds. The summed E-state index contributed by atoms with van der Waals surface area (Å²) in [4.78, 5) is 21.7. The van der Waals surface area contributed by atoms with Crippen LogP contribution in [-0.2, 0) is 19.9 Å². The minimum absolute atomic E-state index is 0.0448. The van der Waals surface area contributed by atoms with Crippen LogP contribution in [-0.4, -0.2) is 26.0 Å². The van der Waals surface area contributed by atoms with Crippen LogP contribution in [0.15, 0.2) is 35.4 Å². The average Bonchev–Trinajstić information content (AvgIpc) is 2.76. The minimum atomic E-state index is -2.85. The van der Waals surface area contributed by atoms with Crippen LogP contribution in [0.25, 0.3) is 11.0 Å². The molecule has 0 bridgehead atoms. The summed E-state index contributed by atoms with van der Waals surface area (Å²) >= 11 is 1.91. The van der Waals surface area contributed by atoms with E-state index in [4.69, 9.17) is 0 Å². The van der Waals surface area contributed by atoms with Gasteiger partial charge >= 0.3 is 0 Å². The van der Waals surface area contributed by atoms with Gasteiger partial charge in [-0.25, -0.2) is 23.1 Å². The van der Waals surface area contributed by atoms with Crippen molar-refractivity contribution in [3.8, 4) is 0 Å². The van der Waals surface area contributed by atoms with E-state index >= 15 is 0 Å². The molecule has 1 aliphatic rings. The van der Waals surface area contributed by atoms with Crippen molar-refractivity contribution >= 4 is 22.8 Å². The Morgan fingerprint density at radius 3 is 2.81 bits per heavy atom. The number of benzene rings is 1. The summed E-state index contributed by atoms with van der Waals surface area (Å²) in [7, 11) is 1.71. The van der Waals surface area contributed by atoms with Gasteiger partial charge in [-0.2, -0.15) is 11.8 Å². The van der Waals surface area contributed by atoms with Crippen molar-refractivity contribution in [3.63, 3.8) is 0 Å². The van der Waals surface area contributed by atoms with Gasteiger partial charge in [0.15, 0.2) is 0 Å². The smallest absolute Gasteiger partial charge is 0.266 e. The first-order valence-corrected chi connectivity index (χ1v) is 11.5. The van der Waals surface area contributed by atoms with Gasteiger partial charge in [-0.1, -0.05) is 25.1 Å². The largest absolute Gasteiger partial charge is 0.295 e. The van der Waals surface area contributed by atoms with Crippen LogP contribution >= 0.6 is 11.8 Å². The highest BCUT2D eigenvalue weighted by molar-refractivity contribution is 7.99. The zero-order chi connectivity index (χ0) is 22.1. The molecule has 1 aliphatic heterocycles. The molecule has 0 saturated carbocycles. The summed E-state index contributed by atoms with van der Waals surface area (Å²) in [5, 5.41) is 0.760. The van der Waals surface area contributed by atoms with Crippen molar-refractivity contribution in [3.05, 3.63) is 69.1 Å². The lowest BCUT2D eigenvalue weighted by molar-refractivity contribution is 0.146. The predicted molar refractivity (Wildman–Crippen MR) is 117 cm³/mol. The molecule has 2 atom stereocenters. The van der Waals surface area contributed by atoms with Crippen molar-refractivity contribution in [2.24, 2.45) is 13.0 Å². The van der Waals surface area contributed by atoms with E-state index in [0.29, 0.717) is 23.7 Å². The standard InChI is InChI=1S/C23H24F3N3OS/c1-13-11-31-9-8-15(13)17-10-18-19(27-12-28-22(18)29(2)23(17)30)7-6-14-4-3-5-16(20(14)24)21(25)26/h3-5,10,12-13,15,21H,6-9,11H2,1-2H3. The van der Waals surface area contributed by atoms with E-state index in [-0.39, 0.29) is 23.5 Å². The van der Waals surface area contributed by atoms with E-state index in [9.17, 15) is 18.0 Å². The maximum atomic E-state index is 14.4. The molecule has 0 N–H and O–H groups in total. The van der Waals surface area contributed by atoms with Crippen molar-refractivity contribution < 1.29 is 13.2 Å². The second kappa shape index (κ2) is 9.02. The SMILES string of the molecule is CC1CSCCC1c1cc2c(CCc3cccc(C(F)F)c3F)ncnc2n(C)c1=O. The van der Waals surface area contributed by atoms with Gasteiger partial charge < -0.3 is 0 Å². The maximum Gasteiger partial charge on any atom is 0.266 e. The van der Waals surface area contributed by atoms with Gasteiger partial charge in [0, 0.05) is 18.0 Å². The number of rotatable bonds is 5. The number of aromatic nitrogens is 3. The lowest BCUT2D eigenvalue weighted by Gasteiger charge is -2.28. The number of alkyl halides is 2. The summed E-state index contributed by atoms with van der Waals surface area (Å²) in [6, 6.07) is 5.97. The average molecular weight is 448 g/mol. The van der Waals surface area contributed by atoms with Gasteiger partial charge in [0.25, 0.3) is 12.0 Å². The zero-order valence-electron chi connectivity index (χ0n) is 17.4. The van der Waals surface area contributed by atoms with Crippen molar-refractivity contribution in [2.75, 3.05) is 11.5 Å². The highest BCUT2D eigenvalue weighted by atomic mass is 32.2. The van der Waals surface area contributed by atoms with Crippen LogP contribution in [0, 0.1) is 11.7 Å². The van der Waals surface area contributed by atoms with Crippen molar-refractivity contribution in [1.29, 1.82) is 0 Å². The first-order chi connectivity index (χ1) is 14.9. The molecule has 3 aromatic rings. The van der Waals surface area contributed by atoms with Crippen LogP contribution in [0.2, 0.25) is 0 Å². The van der Waals surface area contributed by atoms with E-state index in [1.54, 1.807) is 11.6 Å². The molecule has 8 heteroatoms. The molecule has 1 saturated heterocycles. The monoisotopic (exact) mass is 447 g/mol. The molecule has 2 aromatic heterocycles. The number of pyridine rings is 1. The van der Waals surface area contributed by atoms with Crippen LogP contribution in [0.3, 0.4) is 0 Å². The van der Waals surface area contributed by atoms with Crippen LogP contribution in [0.4, 0.5) is 13.2 Å². The topological polar surface area (TPSA) is 47.8 Å². The van der Waals surface area contributed by atoms with Gasteiger partial charge in [-0.05, 0) is 54.2 Å². The Bertz CT molecular complexity index is 1160. The van der Waals surface area contributed by atoms with E-state index in [1.165, 1.54) is 18.5 Å². The van der Waals surface area contributed by atoms with Crippen LogP contribution in [0.1, 0.15) is 48.1 Å². The van der Waals surface area contributed by atoms with Gasteiger partial charge in [0.2, 0.25) is 0 Å². The first kappa shape index (κ1) is 21.9. The summed E-state index contributed by atoms with van der Waals surface area (Å²) in [5.41, 5.74) is 1.58. The fourth-order valence-corrected chi connectivity index (χ4v) is 5.56. The molecule has 1 aromatic carbocycles. The number of fused-ring (bicyclic) bond motifs is 1. The highest BCUT2D eigenvalue weighted by Gasteiger charge is 2.27. The normalized spacial score (nSPS) is 19.3. The number of hydrogen-bond acceptors (Lipinski definition) is 4. The van der Waals surface area contributed by atoms with E-state index in [2.05, 4.69) is 16.9 Å². The predicted octanol–water partition coefficient (Wildman–Crippen LogP) is 5.05. The molecular weight excluding hydrogens is 423 g/mol.